The number of hydrazone groups is 1. The molecular weight excluding hydrogens is 466 g/mol. The van der Waals surface area contributed by atoms with Gasteiger partial charge in [0.25, 0.3) is 5.56 Å². The number of ether oxygens (including phenoxy) is 2. The first-order valence-electron chi connectivity index (χ1n) is 10.5. The third-order valence-corrected chi connectivity index (χ3v) is 5.51. The molecule has 174 valence electrons. The molecule has 2 aromatic heterocycles. The lowest BCUT2D eigenvalue weighted by atomic mass is 10.1. The fourth-order valence-corrected chi connectivity index (χ4v) is 3.70. The number of aromatic amines is 1. The Labute approximate surface area is 204 Å². The first-order chi connectivity index (χ1) is 17.1. The monoisotopic (exact) mass is 485 g/mol. The van der Waals surface area contributed by atoms with Crippen molar-refractivity contribution in [3.8, 4) is 28.8 Å². The Morgan fingerprint density at radius 2 is 2.03 bits per heavy atom. The zero-order valence-electron chi connectivity index (χ0n) is 18.5. The van der Waals surface area contributed by atoms with Crippen LogP contribution in [0.1, 0.15) is 27.7 Å². The molecule has 0 aliphatic rings. The van der Waals surface area contributed by atoms with E-state index in [0.29, 0.717) is 34.1 Å². The number of hydrogen-bond donors (Lipinski definition) is 2. The van der Waals surface area contributed by atoms with Gasteiger partial charge in [-0.15, -0.1) is 11.3 Å². The fourth-order valence-electron chi connectivity index (χ4n) is 3.11. The highest BCUT2D eigenvalue weighted by molar-refractivity contribution is 7.12. The van der Waals surface area contributed by atoms with Crippen LogP contribution in [0.2, 0.25) is 0 Å². The van der Waals surface area contributed by atoms with Gasteiger partial charge in [-0.05, 0) is 42.1 Å². The van der Waals surface area contributed by atoms with E-state index in [1.165, 1.54) is 17.6 Å². The summed E-state index contributed by atoms with van der Waals surface area (Å²) < 4.78 is 11.1. The third-order valence-electron chi connectivity index (χ3n) is 4.66. The Morgan fingerprint density at radius 3 is 2.74 bits per heavy atom. The summed E-state index contributed by atoms with van der Waals surface area (Å²) in [4.78, 5) is 32.0. The zero-order valence-corrected chi connectivity index (χ0v) is 19.3. The maximum atomic E-state index is 12.4. The molecule has 0 spiro atoms. The number of anilines is 1. The van der Waals surface area contributed by atoms with Crippen LogP contribution in [0.4, 0.5) is 5.95 Å². The molecule has 0 radical (unpaired) electrons. The first-order valence-corrected chi connectivity index (χ1v) is 11.4. The van der Waals surface area contributed by atoms with E-state index >= 15 is 0 Å². The maximum absolute atomic E-state index is 12.4. The van der Waals surface area contributed by atoms with Gasteiger partial charge in [0.15, 0.2) is 11.5 Å². The standard InChI is InChI=1S/C25H19N5O4S/c1-2-33-20-13-16(10-11-19(20)34-24(32)21-9-6-12-35-21)15-27-30-25-28-22(17-7-4-3-5-8-17)18(14-26)23(31)29-25/h3-13,15H,2H2,1H3,(H2,28,29,30,31). The van der Waals surface area contributed by atoms with Crippen LogP contribution >= 0.6 is 11.3 Å². The van der Waals surface area contributed by atoms with Crippen molar-refractivity contribution in [3.63, 3.8) is 0 Å². The molecule has 2 heterocycles. The molecule has 0 bridgehead atoms. The third kappa shape index (κ3) is 5.61. The number of carbonyl (C=O) groups excluding carboxylic acids is 1. The lowest BCUT2D eigenvalue weighted by Crippen LogP contribution is -2.16. The summed E-state index contributed by atoms with van der Waals surface area (Å²) in [6, 6.07) is 19.3. The molecule has 2 aromatic carbocycles. The summed E-state index contributed by atoms with van der Waals surface area (Å²) in [6.45, 7) is 2.20. The first kappa shape index (κ1) is 23.4. The molecule has 10 heteroatoms. The van der Waals surface area contributed by atoms with Crippen molar-refractivity contribution in [2.24, 2.45) is 5.10 Å². The summed E-state index contributed by atoms with van der Waals surface area (Å²) in [7, 11) is 0. The van der Waals surface area contributed by atoms with E-state index < -0.39 is 11.5 Å². The van der Waals surface area contributed by atoms with Crippen LogP contribution in [0, 0.1) is 11.3 Å². The molecule has 0 aliphatic heterocycles. The van der Waals surface area contributed by atoms with Gasteiger partial charge in [-0.1, -0.05) is 36.4 Å². The van der Waals surface area contributed by atoms with Gasteiger partial charge < -0.3 is 9.47 Å². The Balaban J connectivity index is 1.54. The van der Waals surface area contributed by atoms with Gasteiger partial charge in [0, 0.05) is 5.56 Å². The summed E-state index contributed by atoms with van der Waals surface area (Å²) in [6.07, 6.45) is 1.49. The molecule has 4 rings (SSSR count). The number of rotatable bonds is 8. The van der Waals surface area contributed by atoms with Crippen LogP contribution in [0.5, 0.6) is 11.5 Å². The molecule has 9 nitrogen and oxygen atoms in total. The number of esters is 1. The molecule has 0 saturated carbocycles. The molecule has 2 N–H and O–H groups in total. The minimum atomic E-state index is -0.574. The second-order valence-electron chi connectivity index (χ2n) is 6.99. The average Bonchev–Trinajstić information content (AvgIpc) is 3.41. The zero-order chi connectivity index (χ0) is 24.6. The van der Waals surface area contributed by atoms with Crippen LogP contribution < -0.4 is 20.5 Å². The average molecular weight is 486 g/mol. The van der Waals surface area contributed by atoms with Gasteiger partial charge in [-0.2, -0.15) is 10.4 Å². The van der Waals surface area contributed by atoms with Gasteiger partial charge in [-0.3, -0.25) is 9.78 Å². The Kier molecular flexibility index (Phi) is 7.30. The quantitative estimate of drug-likeness (QED) is 0.163. The van der Waals surface area contributed by atoms with E-state index in [9.17, 15) is 14.9 Å². The number of nitriles is 1. The van der Waals surface area contributed by atoms with Crippen LogP contribution in [0.3, 0.4) is 0 Å². The molecule has 0 amide bonds. The van der Waals surface area contributed by atoms with E-state index in [2.05, 4.69) is 20.5 Å². The Hall–Kier alpha value is -4.75. The lowest BCUT2D eigenvalue weighted by molar-refractivity contribution is 0.0733. The van der Waals surface area contributed by atoms with Crippen LogP contribution in [-0.4, -0.2) is 28.8 Å². The number of benzene rings is 2. The summed E-state index contributed by atoms with van der Waals surface area (Å²) >= 11 is 1.29. The highest BCUT2D eigenvalue weighted by Crippen LogP contribution is 2.29. The van der Waals surface area contributed by atoms with E-state index in [0.717, 1.165) is 0 Å². The summed E-state index contributed by atoms with van der Waals surface area (Å²) in [5, 5.41) is 15.3. The number of carbonyl (C=O) groups is 1. The van der Waals surface area contributed by atoms with Gasteiger partial charge in [-0.25, -0.2) is 15.2 Å². The van der Waals surface area contributed by atoms with Gasteiger partial charge in [0.05, 0.1) is 18.5 Å². The maximum Gasteiger partial charge on any atom is 0.353 e. The van der Waals surface area contributed by atoms with Crippen molar-refractivity contribution < 1.29 is 14.3 Å². The smallest absolute Gasteiger partial charge is 0.353 e. The number of hydrogen-bond acceptors (Lipinski definition) is 9. The molecule has 0 atom stereocenters. The van der Waals surface area contributed by atoms with Crippen molar-refractivity contribution in [2.75, 3.05) is 12.0 Å². The normalized spacial score (nSPS) is 10.6. The number of nitrogens with zero attached hydrogens (tertiary/aromatic N) is 3. The van der Waals surface area contributed by atoms with Crippen LogP contribution in [0.15, 0.2) is 75.9 Å². The van der Waals surface area contributed by atoms with Gasteiger partial charge in [0.2, 0.25) is 5.95 Å². The SMILES string of the molecule is CCOc1cc(C=NNc2nc(-c3ccccc3)c(C#N)c(=O)[nH]2)ccc1OC(=O)c1cccs1. The summed E-state index contributed by atoms with van der Waals surface area (Å²) in [5.41, 5.74) is 3.56. The highest BCUT2D eigenvalue weighted by atomic mass is 32.1. The van der Waals surface area contributed by atoms with E-state index in [1.807, 2.05) is 19.1 Å². The van der Waals surface area contributed by atoms with Crippen molar-refractivity contribution in [1.29, 1.82) is 5.26 Å². The molecule has 0 saturated heterocycles. The second kappa shape index (κ2) is 10.9. The minimum Gasteiger partial charge on any atom is -0.490 e. The van der Waals surface area contributed by atoms with E-state index in [-0.39, 0.29) is 17.2 Å². The Morgan fingerprint density at radius 1 is 1.20 bits per heavy atom. The predicted molar refractivity (Wildman–Crippen MR) is 133 cm³/mol. The van der Waals surface area contributed by atoms with Crippen LogP contribution in [-0.2, 0) is 0 Å². The predicted octanol–water partition coefficient (Wildman–Crippen LogP) is 4.43. The Bertz CT molecular complexity index is 1460. The topological polar surface area (TPSA) is 129 Å². The van der Waals surface area contributed by atoms with Crippen molar-refractivity contribution >= 4 is 29.5 Å². The van der Waals surface area contributed by atoms with Gasteiger partial charge in [0.1, 0.15) is 16.5 Å². The van der Waals surface area contributed by atoms with Crippen molar-refractivity contribution in [2.45, 2.75) is 6.92 Å². The fraction of sp³-hybridized carbons (Fsp3) is 0.0800. The molecular formula is C25H19N5O4S. The number of H-pyrrole nitrogens is 1. The molecule has 4 aromatic rings. The van der Waals surface area contributed by atoms with Crippen LogP contribution in [0.25, 0.3) is 11.3 Å². The minimum absolute atomic E-state index is 0.0793. The second-order valence-corrected chi connectivity index (χ2v) is 7.94. The van der Waals surface area contributed by atoms with E-state index in [1.54, 1.807) is 60.0 Å². The molecule has 0 unspecified atom stereocenters. The molecule has 0 aliphatic carbocycles. The van der Waals surface area contributed by atoms with Crippen molar-refractivity contribution in [3.05, 3.63) is 92.4 Å². The molecule has 0 fully saturated rings. The molecule has 35 heavy (non-hydrogen) atoms. The highest BCUT2D eigenvalue weighted by Gasteiger charge is 2.15. The number of thiophene rings is 1. The lowest BCUT2D eigenvalue weighted by Gasteiger charge is -2.11. The largest absolute Gasteiger partial charge is 0.490 e. The van der Waals surface area contributed by atoms with Gasteiger partial charge >= 0.3 is 5.97 Å². The summed E-state index contributed by atoms with van der Waals surface area (Å²) in [5.74, 6) is 0.295. The van der Waals surface area contributed by atoms with E-state index in [4.69, 9.17) is 9.47 Å². The number of aromatic nitrogens is 2. The number of nitrogens with one attached hydrogen (secondary N) is 2. The van der Waals surface area contributed by atoms with Crippen molar-refractivity contribution in [1.82, 2.24) is 9.97 Å².